The van der Waals surface area contributed by atoms with Gasteiger partial charge < -0.3 is 5.32 Å². The van der Waals surface area contributed by atoms with Crippen molar-refractivity contribution in [3.63, 3.8) is 0 Å². The SMILES string of the molecule is BC(=O)NC(C)(C)CC(C)(C)C(C)(C)CCC. The molecule has 0 aromatic carbocycles. The Bertz CT molecular complexity index is 269. The molecule has 0 rings (SSSR count). The van der Waals surface area contributed by atoms with E-state index in [0.29, 0.717) is 0 Å². The molecule has 0 aliphatic carbocycles. The first-order valence-corrected chi connectivity index (χ1v) is 6.72. The Hall–Kier alpha value is -0.465. The van der Waals surface area contributed by atoms with E-state index in [1.54, 1.807) is 7.85 Å². The van der Waals surface area contributed by atoms with Crippen molar-refractivity contribution in [2.24, 2.45) is 10.8 Å². The van der Waals surface area contributed by atoms with E-state index in [9.17, 15) is 4.79 Å². The first kappa shape index (κ1) is 16.5. The molecule has 0 atom stereocenters. The van der Waals surface area contributed by atoms with Crippen molar-refractivity contribution in [3.8, 4) is 0 Å². The lowest BCUT2D eigenvalue weighted by Gasteiger charge is -2.46. The van der Waals surface area contributed by atoms with Crippen molar-refractivity contribution >= 4 is 13.7 Å². The molecule has 17 heavy (non-hydrogen) atoms. The molecule has 0 aliphatic rings. The first-order valence-electron chi connectivity index (χ1n) is 6.72. The molecule has 100 valence electrons. The van der Waals surface area contributed by atoms with Gasteiger partial charge in [-0.1, -0.05) is 41.0 Å². The second-order valence-corrected chi connectivity index (χ2v) is 7.26. The van der Waals surface area contributed by atoms with Gasteiger partial charge in [-0.05, 0) is 37.5 Å². The molecular formula is C14H30BNO. The normalized spacial score (nSPS) is 13.6. The number of hydrogen-bond acceptors (Lipinski definition) is 1. The van der Waals surface area contributed by atoms with Gasteiger partial charge in [0.2, 0.25) is 7.85 Å². The lowest BCUT2D eigenvalue weighted by molar-refractivity contribution is 0.0606. The maximum atomic E-state index is 11.2. The quantitative estimate of drug-likeness (QED) is 0.707. The fourth-order valence-electron chi connectivity index (χ4n) is 2.83. The van der Waals surface area contributed by atoms with Gasteiger partial charge in [0, 0.05) is 5.54 Å². The lowest BCUT2D eigenvalue weighted by Crippen LogP contribution is -2.48. The molecule has 0 saturated heterocycles. The molecule has 3 heteroatoms. The summed E-state index contributed by atoms with van der Waals surface area (Å²) in [4.78, 5) is 11.2. The Morgan fingerprint density at radius 1 is 1.06 bits per heavy atom. The highest BCUT2D eigenvalue weighted by atomic mass is 16.1. The maximum absolute atomic E-state index is 11.2. The molecule has 0 aromatic heterocycles. The molecule has 0 radical (unpaired) electrons. The zero-order chi connectivity index (χ0) is 13.9. The van der Waals surface area contributed by atoms with Gasteiger partial charge in [0.05, 0.1) is 0 Å². The fraction of sp³-hybridized carbons (Fsp3) is 0.929. The summed E-state index contributed by atoms with van der Waals surface area (Å²) in [6.45, 7) is 15.7. The summed E-state index contributed by atoms with van der Waals surface area (Å²) in [5, 5.41) is 3.05. The number of nitrogens with one attached hydrogen (secondary N) is 1. The standard InChI is InChI=1S/C14H30BNO/c1-8-9-12(2,3)13(4,5)10-14(6,7)16-11(15)17/h8-10,15H2,1-7H3,(H,16,17). The third kappa shape index (κ3) is 5.14. The summed E-state index contributed by atoms with van der Waals surface area (Å²) in [6.07, 6.45) is 3.42. The van der Waals surface area contributed by atoms with E-state index in [-0.39, 0.29) is 22.2 Å². The van der Waals surface area contributed by atoms with Gasteiger partial charge in [-0.15, -0.1) is 0 Å². The molecule has 0 heterocycles. The largest absolute Gasteiger partial charge is 0.360 e. The van der Waals surface area contributed by atoms with Crippen molar-refractivity contribution < 1.29 is 4.79 Å². The number of hydrogen-bond donors (Lipinski definition) is 1. The number of carbonyl (C=O) groups excluding carboxylic acids is 1. The van der Waals surface area contributed by atoms with Gasteiger partial charge in [-0.2, -0.15) is 0 Å². The third-order valence-corrected chi connectivity index (χ3v) is 4.11. The van der Waals surface area contributed by atoms with Gasteiger partial charge in [0.15, 0.2) is 5.81 Å². The Labute approximate surface area is 108 Å². The Balaban J connectivity index is 4.79. The molecule has 0 aliphatic heterocycles. The smallest absolute Gasteiger partial charge is 0.215 e. The maximum Gasteiger partial charge on any atom is 0.215 e. The number of carbonyl (C=O) groups is 1. The van der Waals surface area contributed by atoms with Crippen LogP contribution in [0.3, 0.4) is 0 Å². The van der Waals surface area contributed by atoms with Crippen LogP contribution in [0.2, 0.25) is 0 Å². The molecule has 0 bridgehead atoms. The van der Waals surface area contributed by atoms with E-state index in [2.05, 4.69) is 53.8 Å². The van der Waals surface area contributed by atoms with Crippen molar-refractivity contribution in [2.45, 2.75) is 73.3 Å². The highest BCUT2D eigenvalue weighted by Gasteiger charge is 2.40. The summed E-state index contributed by atoms with van der Waals surface area (Å²) in [5.74, 6) is 0.0547. The highest BCUT2D eigenvalue weighted by molar-refractivity contribution is 6.57. The summed E-state index contributed by atoms with van der Waals surface area (Å²) < 4.78 is 0. The van der Waals surface area contributed by atoms with E-state index < -0.39 is 0 Å². The van der Waals surface area contributed by atoms with E-state index in [1.165, 1.54) is 12.8 Å². The minimum absolute atomic E-state index is 0.0547. The van der Waals surface area contributed by atoms with Crippen LogP contribution in [0.4, 0.5) is 4.79 Å². The van der Waals surface area contributed by atoms with Crippen molar-refractivity contribution in [3.05, 3.63) is 0 Å². The Kier molecular flexibility index (Phi) is 5.30. The third-order valence-electron chi connectivity index (χ3n) is 4.11. The van der Waals surface area contributed by atoms with Crippen LogP contribution >= 0.6 is 0 Å². The monoisotopic (exact) mass is 239 g/mol. The van der Waals surface area contributed by atoms with E-state index in [0.717, 1.165) is 6.42 Å². The second-order valence-electron chi connectivity index (χ2n) is 7.26. The van der Waals surface area contributed by atoms with Crippen LogP contribution < -0.4 is 5.32 Å². The van der Waals surface area contributed by atoms with Gasteiger partial charge in [-0.25, -0.2) is 0 Å². The fourth-order valence-corrected chi connectivity index (χ4v) is 2.83. The topological polar surface area (TPSA) is 29.1 Å². The van der Waals surface area contributed by atoms with Gasteiger partial charge in [0.25, 0.3) is 0 Å². The number of amides is 1. The second kappa shape index (κ2) is 5.45. The predicted octanol–water partition coefficient (Wildman–Crippen LogP) is 3.35. The van der Waals surface area contributed by atoms with Gasteiger partial charge in [-0.3, -0.25) is 4.79 Å². The summed E-state index contributed by atoms with van der Waals surface area (Å²) >= 11 is 0. The van der Waals surface area contributed by atoms with Crippen LogP contribution in [-0.4, -0.2) is 19.2 Å². The van der Waals surface area contributed by atoms with E-state index in [4.69, 9.17) is 0 Å². The highest BCUT2D eigenvalue weighted by Crippen LogP contribution is 2.46. The molecule has 0 unspecified atom stereocenters. The molecule has 0 fully saturated rings. The predicted molar refractivity (Wildman–Crippen MR) is 78.2 cm³/mol. The van der Waals surface area contributed by atoms with Crippen LogP contribution in [0.1, 0.15) is 67.7 Å². The molecule has 0 saturated carbocycles. The zero-order valence-electron chi connectivity index (χ0n) is 13.0. The minimum Gasteiger partial charge on any atom is -0.360 e. The van der Waals surface area contributed by atoms with Crippen LogP contribution in [-0.2, 0) is 0 Å². The lowest BCUT2D eigenvalue weighted by atomic mass is 9.61. The van der Waals surface area contributed by atoms with Gasteiger partial charge >= 0.3 is 0 Å². The first-order chi connectivity index (χ1) is 7.43. The van der Waals surface area contributed by atoms with Gasteiger partial charge in [0.1, 0.15) is 0 Å². The Morgan fingerprint density at radius 3 is 1.88 bits per heavy atom. The number of rotatable bonds is 6. The summed E-state index contributed by atoms with van der Waals surface area (Å²) in [5.41, 5.74) is 0.354. The van der Waals surface area contributed by atoms with Crippen LogP contribution in [0, 0.1) is 10.8 Å². The van der Waals surface area contributed by atoms with Crippen LogP contribution in [0.15, 0.2) is 0 Å². The minimum atomic E-state index is -0.139. The van der Waals surface area contributed by atoms with Crippen molar-refractivity contribution in [2.75, 3.05) is 0 Å². The molecule has 1 amide bonds. The molecule has 0 aromatic rings. The van der Waals surface area contributed by atoms with Crippen LogP contribution in [0.25, 0.3) is 0 Å². The molecular weight excluding hydrogens is 209 g/mol. The van der Waals surface area contributed by atoms with Crippen molar-refractivity contribution in [1.29, 1.82) is 0 Å². The molecule has 2 nitrogen and oxygen atoms in total. The summed E-state index contributed by atoms with van der Waals surface area (Å²) in [7, 11) is 1.59. The molecule has 0 spiro atoms. The zero-order valence-corrected chi connectivity index (χ0v) is 13.0. The average Bonchev–Trinajstić information content (AvgIpc) is 1.97. The summed E-state index contributed by atoms with van der Waals surface area (Å²) in [6, 6.07) is 0. The molecule has 1 N–H and O–H groups in total. The van der Waals surface area contributed by atoms with Crippen molar-refractivity contribution in [1.82, 2.24) is 5.32 Å². The Morgan fingerprint density at radius 2 is 1.53 bits per heavy atom. The van der Waals surface area contributed by atoms with Crippen LogP contribution in [0.5, 0.6) is 0 Å². The van der Waals surface area contributed by atoms with E-state index in [1.807, 2.05) is 0 Å². The van der Waals surface area contributed by atoms with E-state index >= 15 is 0 Å². The average molecular weight is 239 g/mol.